The molecular weight excluding hydrogens is 452 g/mol. The summed E-state index contributed by atoms with van der Waals surface area (Å²) < 4.78 is 7.07. The topological polar surface area (TPSA) is 94.0 Å². The Morgan fingerprint density at radius 1 is 0.972 bits per heavy atom. The third-order valence-electron chi connectivity index (χ3n) is 6.88. The molecule has 1 fully saturated rings. The van der Waals surface area contributed by atoms with Crippen molar-refractivity contribution in [1.29, 1.82) is 0 Å². The van der Waals surface area contributed by atoms with Crippen LogP contribution >= 0.6 is 0 Å². The summed E-state index contributed by atoms with van der Waals surface area (Å²) in [5.74, 6) is 2.23. The van der Waals surface area contributed by atoms with Crippen molar-refractivity contribution in [2.75, 3.05) is 12.4 Å². The first-order chi connectivity index (χ1) is 17.4. The summed E-state index contributed by atoms with van der Waals surface area (Å²) in [5.41, 5.74) is 4.85. The van der Waals surface area contributed by atoms with Crippen LogP contribution < -0.4 is 15.4 Å². The van der Waals surface area contributed by atoms with Gasteiger partial charge in [-0.3, -0.25) is 4.79 Å². The first-order valence-electron chi connectivity index (χ1n) is 12.4. The van der Waals surface area contributed by atoms with Crippen molar-refractivity contribution in [3.63, 3.8) is 0 Å². The molecule has 0 unspecified atom stereocenters. The zero-order valence-electron chi connectivity index (χ0n) is 21.2. The van der Waals surface area contributed by atoms with Gasteiger partial charge < -0.3 is 15.4 Å². The number of fused-ring (bicyclic) bond motifs is 1. The minimum Gasteiger partial charge on any atom is -0.497 e. The summed E-state index contributed by atoms with van der Waals surface area (Å²) in [4.78, 5) is 22.0. The number of rotatable bonds is 6. The van der Waals surface area contributed by atoms with Gasteiger partial charge in [0.05, 0.1) is 24.4 Å². The van der Waals surface area contributed by atoms with E-state index in [0.717, 1.165) is 59.5 Å². The Bertz CT molecular complexity index is 1390. The number of hydrogen-bond donors (Lipinski definition) is 2. The van der Waals surface area contributed by atoms with E-state index < -0.39 is 0 Å². The second-order valence-corrected chi connectivity index (χ2v) is 9.60. The van der Waals surface area contributed by atoms with Crippen LogP contribution in [0.3, 0.4) is 0 Å². The summed E-state index contributed by atoms with van der Waals surface area (Å²) in [5, 5.41) is 12.4. The molecule has 0 bridgehead atoms. The molecule has 2 N–H and O–H groups in total. The maximum atomic E-state index is 12.6. The molecule has 0 atom stereocenters. The average Bonchev–Trinajstić information content (AvgIpc) is 3.29. The molecule has 8 heteroatoms. The summed E-state index contributed by atoms with van der Waals surface area (Å²) in [6, 6.07) is 14.0. The number of carbonyl (C=O) groups excluding carboxylic acids is 1. The number of nitrogens with one attached hydrogen (secondary N) is 2. The van der Waals surface area contributed by atoms with Crippen molar-refractivity contribution in [3.05, 3.63) is 71.2 Å². The molecule has 36 heavy (non-hydrogen) atoms. The van der Waals surface area contributed by atoms with Crippen LogP contribution in [0.4, 0.5) is 5.82 Å². The minimum absolute atomic E-state index is 0.0407. The van der Waals surface area contributed by atoms with Crippen LogP contribution in [0.25, 0.3) is 16.7 Å². The molecular formula is C28H32N6O2. The highest BCUT2D eigenvalue weighted by Crippen LogP contribution is 2.28. The molecule has 0 radical (unpaired) electrons. The van der Waals surface area contributed by atoms with Gasteiger partial charge in [0.2, 0.25) is 0 Å². The van der Waals surface area contributed by atoms with Crippen LogP contribution in [0, 0.1) is 20.8 Å². The molecule has 186 valence electrons. The first-order valence-corrected chi connectivity index (χ1v) is 12.4. The number of aromatic nitrogens is 4. The minimum atomic E-state index is -0.0407. The van der Waals surface area contributed by atoms with E-state index in [1.54, 1.807) is 19.2 Å². The number of amides is 1. The molecule has 5 rings (SSSR count). The normalized spacial score (nSPS) is 17.7. The van der Waals surface area contributed by atoms with Crippen LogP contribution in [-0.4, -0.2) is 44.8 Å². The highest BCUT2D eigenvalue weighted by Gasteiger charge is 2.24. The van der Waals surface area contributed by atoms with Crippen LogP contribution in [0.5, 0.6) is 5.75 Å². The number of ether oxygens (including phenoxy) is 1. The van der Waals surface area contributed by atoms with E-state index in [-0.39, 0.29) is 18.0 Å². The largest absolute Gasteiger partial charge is 0.497 e. The molecule has 2 heterocycles. The van der Waals surface area contributed by atoms with Crippen molar-refractivity contribution in [1.82, 2.24) is 25.1 Å². The highest BCUT2D eigenvalue weighted by molar-refractivity contribution is 5.94. The highest BCUT2D eigenvalue weighted by atomic mass is 16.5. The third kappa shape index (κ3) is 4.89. The average molecular weight is 485 g/mol. The fourth-order valence-electron chi connectivity index (χ4n) is 4.93. The number of aryl methyl sites for hydroxylation is 3. The lowest BCUT2D eigenvalue weighted by Crippen LogP contribution is -2.40. The lowest BCUT2D eigenvalue weighted by molar-refractivity contribution is 0.0926. The SMILES string of the molecule is COc1ccc(C(=O)NC2CCC(Nc3nc(C)nc4c3cnn4-c3ccc(C)cc3C)CC2)cc1. The number of carbonyl (C=O) groups is 1. The van der Waals surface area contributed by atoms with Crippen molar-refractivity contribution in [3.8, 4) is 11.4 Å². The molecule has 0 saturated heterocycles. The van der Waals surface area contributed by atoms with Crippen LogP contribution in [0.1, 0.15) is 53.0 Å². The molecule has 1 aliphatic rings. The Hall–Kier alpha value is -3.94. The summed E-state index contributed by atoms with van der Waals surface area (Å²) in [7, 11) is 1.62. The number of methoxy groups -OCH3 is 1. The van der Waals surface area contributed by atoms with Gasteiger partial charge in [-0.05, 0) is 82.3 Å². The van der Waals surface area contributed by atoms with E-state index in [9.17, 15) is 4.79 Å². The Kier molecular flexibility index (Phi) is 6.59. The smallest absolute Gasteiger partial charge is 0.251 e. The number of anilines is 1. The fourth-order valence-corrected chi connectivity index (χ4v) is 4.93. The van der Waals surface area contributed by atoms with Gasteiger partial charge >= 0.3 is 0 Å². The van der Waals surface area contributed by atoms with Gasteiger partial charge in [-0.1, -0.05) is 17.7 Å². The number of nitrogens with zero attached hydrogens (tertiary/aromatic N) is 4. The first kappa shape index (κ1) is 23.8. The zero-order chi connectivity index (χ0) is 25.2. The Balaban J connectivity index is 1.26. The van der Waals surface area contributed by atoms with Crippen molar-refractivity contribution < 1.29 is 9.53 Å². The molecule has 0 spiro atoms. The molecule has 2 aromatic heterocycles. The predicted molar refractivity (Wildman–Crippen MR) is 141 cm³/mol. The van der Waals surface area contributed by atoms with Crippen LogP contribution in [0.2, 0.25) is 0 Å². The zero-order valence-corrected chi connectivity index (χ0v) is 21.2. The Morgan fingerprint density at radius 2 is 1.69 bits per heavy atom. The summed E-state index contributed by atoms with van der Waals surface area (Å²) in [6.45, 7) is 6.09. The van der Waals surface area contributed by atoms with E-state index >= 15 is 0 Å². The molecule has 2 aromatic carbocycles. The third-order valence-corrected chi connectivity index (χ3v) is 6.88. The maximum absolute atomic E-state index is 12.6. The molecule has 0 aliphatic heterocycles. The van der Waals surface area contributed by atoms with Gasteiger partial charge in [0.15, 0.2) is 5.65 Å². The molecule has 1 aliphatic carbocycles. The Morgan fingerprint density at radius 3 is 2.39 bits per heavy atom. The monoisotopic (exact) mass is 484 g/mol. The van der Waals surface area contributed by atoms with Crippen molar-refractivity contribution >= 4 is 22.8 Å². The van der Waals surface area contributed by atoms with Crippen LogP contribution in [-0.2, 0) is 0 Å². The standard InChI is InChI=1S/C28H32N6O2/c1-17-5-14-25(18(2)15-17)34-27-24(16-29-34)26(30-19(3)31-27)32-21-8-10-22(11-9-21)33-28(35)20-6-12-23(36-4)13-7-20/h5-7,12-16,21-22H,8-11H2,1-4H3,(H,33,35)(H,30,31,32). The van der Waals surface area contributed by atoms with E-state index in [1.807, 2.05) is 29.9 Å². The lowest BCUT2D eigenvalue weighted by Gasteiger charge is -2.30. The predicted octanol–water partition coefficient (Wildman–Crippen LogP) is 4.90. The van der Waals surface area contributed by atoms with Crippen molar-refractivity contribution in [2.45, 2.75) is 58.5 Å². The number of benzene rings is 2. The second kappa shape index (κ2) is 9.97. The van der Waals surface area contributed by atoms with Gasteiger partial charge in [0.25, 0.3) is 5.91 Å². The maximum Gasteiger partial charge on any atom is 0.251 e. The van der Waals surface area contributed by atoms with Gasteiger partial charge in [-0.25, -0.2) is 14.6 Å². The second-order valence-electron chi connectivity index (χ2n) is 9.60. The van der Waals surface area contributed by atoms with Gasteiger partial charge in [-0.2, -0.15) is 5.10 Å². The molecule has 4 aromatic rings. The Labute approximate surface area is 211 Å². The lowest BCUT2D eigenvalue weighted by atomic mass is 9.91. The van der Waals surface area contributed by atoms with E-state index in [0.29, 0.717) is 11.4 Å². The van der Waals surface area contributed by atoms with E-state index in [4.69, 9.17) is 14.7 Å². The van der Waals surface area contributed by atoms with E-state index in [2.05, 4.69) is 47.8 Å². The summed E-state index contributed by atoms with van der Waals surface area (Å²) >= 11 is 0. The molecule has 1 amide bonds. The number of hydrogen-bond acceptors (Lipinski definition) is 6. The summed E-state index contributed by atoms with van der Waals surface area (Å²) in [6.07, 6.45) is 5.56. The molecule has 8 nitrogen and oxygen atoms in total. The van der Waals surface area contributed by atoms with Crippen molar-refractivity contribution in [2.24, 2.45) is 0 Å². The van der Waals surface area contributed by atoms with E-state index in [1.165, 1.54) is 5.56 Å². The van der Waals surface area contributed by atoms with Crippen LogP contribution in [0.15, 0.2) is 48.7 Å². The quantitative estimate of drug-likeness (QED) is 0.404. The van der Waals surface area contributed by atoms with Gasteiger partial charge in [0.1, 0.15) is 17.4 Å². The van der Waals surface area contributed by atoms with Gasteiger partial charge in [-0.15, -0.1) is 0 Å². The fraction of sp³-hybridized carbons (Fsp3) is 0.357. The van der Waals surface area contributed by atoms with Gasteiger partial charge in [0, 0.05) is 17.6 Å². The molecule has 1 saturated carbocycles.